The number of hydrogen-bond donors (Lipinski definition) is 0. The van der Waals surface area contributed by atoms with Gasteiger partial charge in [-0.25, -0.2) is 0 Å². The summed E-state index contributed by atoms with van der Waals surface area (Å²) in [6, 6.07) is -0.737. The van der Waals surface area contributed by atoms with E-state index in [0.29, 0.717) is 12.8 Å². The summed E-state index contributed by atoms with van der Waals surface area (Å²) in [7, 11) is 5.40. The smallest absolute Gasteiger partial charge is 0.306 e. The highest BCUT2D eigenvalue weighted by atomic mass is 16.6. The van der Waals surface area contributed by atoms with Crippen molar-refractivity contribution in [1.29, 1.82) is 0 Å². The summed E-state index contributed by atoms with van der Waals surface area (Å²) in [6.07, 6.45) is 60.3. The minimum absolute atomic E-state index is 0.0243. The second-order valence-electron chi connectivity index (χ2n) is 18.2. The van der Waals surface area contributed by atoms with E-state index in [-0.39, 0.29) is 42.7 Å². The Morgan fingerprint density at radius 2 is 0.922 bits per heavy atom. The lowest BCUT2D eigenvalue weighted by molar-refractivity contribution is -0.889. The molecule has 0 aromatic heterocycles. The van der Waals surface area contributed by atoms with Crippen molar-refractivity contribution in [3.8, 4) is 0 Å². The van der Waals surface area contributed by atoms with E-state index in [0.717, 1.165) is 83.5 Å². The zero-order valence-electron chi connectivity index (χ0n) is 41.7. The molecule has 366 valence electrons. The molecule has 0 saturated carbocycles. The van der Waals surface area contributed by atoms with Crippen LogP contribution in [-0.4, -0.2) is 75.5 Å². The van der Waals surface area contributed by atoms with E-state index in [1.165, 1.54) is 83.5 Å². The fraction of sp³-hybridized carbons (Fsp3) is 0.696. The first-order valence-corrected chi connectivity index (χ1v) is 25.7. The van der Waals surface area contributed by atoms with Crippen LogP contribution in [0.1, 0.15) is 200 Å². The largest absolute Gasteiger partial charge is 0.544 e. The summed E-state index contributed by atoms with van der Waals surface area (Å²) >= 11 is 0. The van der Waals surface area contributed by atoms with E-state index >= 15 is 0 Å². The van der Waals surface area contributed by atoms with Gasteiger partial charge in [0.05, 0.1) is 40.3 Å². The predicted molar refractivity (Wildman–Crippen MR) is 268 cm³/mol. The molecule has 2 atom stereocenters. The molecule has 0 rings (SSSR count). The first-order chi connectivity index (χ1) is 31.1. The number of unbranched alkanes of at least 4 members (excludes halogenated alkanes) is 21. The molecule has 0 spiro atoms. The monoisotopic (exact) mass is 894 g/mol. The van der Waals surface area contributed by atoms with Gasteiger partial charge in [0.25, 0.3) is 0 Å². The Kier molecular flexibility index (Phi) is 43.5. The summed E-state index contributed by atoms with van der Waals surface area (Å²) < 4.78 is 17.2. The van der Waals surface area contributed by atoms with Crippen LogP contribution >= 0.6 is 0 Å². The number of carboxylic acid groups (broad SMARTS) is 1. The zero-order chi connectivity index (χ0) is 47.0. The van der Waals surface area contributed by atoms with E-state index in [9.17, 15) is 19.5 Å². The molecule has 0 N–H and O–H groups in total. The molecule has 0 radical (unpaired) electrons. The van der Waals surface area contributed by atoms with Crippen LogP contribution in [-0.2, 0) is 28.6 Å². The van der Waals surface area contributed by atoms with Crippen LogP contribution in [0.15, 0.2) is 85.1 Å². The number of likely N-dealkylation sites (N-methyl/N-ethyl adjacent to an activating group) is 1. The highest BCUT2D eigenvalue weighted by molar-refractivity contribution is 5.70. The van der Waals surface area contributed by atoms with Gasteiger partial charge in [-0.1, -0.05) is 202 Å². The zero-order valence-corrected chi connectivity index (χ0v) is 41.7. The van der Waals surface area contributed by atoms with Gasteiger partial charge in [-0.15, -0.1) is 0 Å². The average Bonchev–Trinajstić information content (AvgIpc) is 3.26. The lowest BCUT2D eigenvalue weighted by atomic mass is 10.1. The van der Waals surface area contributed by atoms with E-state index in [2.05, 4.69) is 62.5 Å². The number of aliphatic carboxylic acids is 1. The van der Waals surface area contributed by atoms with Gasteiger partial charge >= 0.3 is 11.9 Å². The molecular weight excluding hydrogens is 799 g/mol. The summed E-state index contributed by atoms with van der Waals surface area (Å²) in [5.41, 5.74) is 0. The Hall–Kier alpha value is -3.49. The van der Waals surface area contributed by atoms with Crippen LogP contribution in [0.2, 0.25) is 0 Å². The number of hydrogen-bond acceptors (Lipinski definition) is 7. The van der Waals surface area contributed by atoms with Gasteiger partial charge in [-0.2, -0.15) is 0 Å². The Balaban J connectivity index is 4.33. The summed E-state index contributed by atoms with van der Waals surface area (Å²) in [6.45, 7) is 4.54. The normalized spacial score (nSPS) is 13.6. The van der Waals surface area contributed by atoms with Gasteiger partial charge in [-0.05, 0) is 64.2 Å². The van der Waals surface area contributed by atoms with Crippen molar-refractivity contribution in [3.05, 3.63) is 85.1 Å². The number of carbonyl (C=O) groups excluding carboxylic acids is 3. The second kappa shape index (κ2) is 46.1. The van der Waals surface area contributed by atoms with Crippen molar-refractivity contribution in [3.63, 3.8) is 0 Å². The fourth-order valence-electron chi connectivity index (χ4n) is 7.13. The molecule has 8 nitrogen and oxygen atoms in total. The average molecular weight is 894 g/mol. The lowest BCUT2D eigenvalue weighted by Gasteiger charge is -2.34. The van der Waals surface area contributed by atoms with Crippen molar-refractivity contribution in [2.45, 2.75) is 212 Å². The van der Waals surface area contributed by atoms with Crippen LogP contribution in [0, 0.1) is 0 Å². The second-order valence-corrected chi connectivity index (χ2v) is 18.2. The molecule has 0 aliphatic rings. The number of esters is 2. The maximum atomic E-state index is 12.8. The number of carbonyl (C=O) groups is 3. The third-order valence-electron chi connectivity index (χ3n) is 11.1. The summed E-state index contributed by atoms with van der Waals surface area (Å²) in [4.78, 5) is 37.0. The van der Waals surface area contributed by atoms with Gasteiger partial charge in [0.15, 0.2) is 6.10 Å². The van der Waals surface area contributed by atoms with Crippen molar-refractivity contribution in [2.75, 3.05) is 41.0 Å². The molecule has 0 aromatic carbocycles. The molecular formula is C56H95NO7. The quantitative estimate of drug-likeness (QED) is 0.0197. The van der Waals surface area contributed by atoms with Crippen molar-refractivity contribution < 1.29 is 38.2 Å². The van der Waals surface area contributed by atoms with Gasteiger partial charge < -0.3 is 28.6 Å². The van der Waals surface area contributed by atoms with Gasteiger partial charge in [0.2, 0.25) is 0 Å². The van der Waals surface area contributed by atoms with Crippen LogP contribution in [0.4, 0.5) is 0 Å². The number of rotatable bonds is 45. The van der Waals surface area contributed by atoms with E-state index in [1.807, 2.05) is 36.5 Å². The first-order valence-electron chi connectivity index (χ1n) is 25.7. The molecule has 0 aliphatic carbocycles. The fourth-order valence-corrected chi connectivity index (χ4v) is 7.13. The standard InChI is InChI=1S/C56H95NO7/c1-6-8-10-12-14-16-18-20-22-24-26-27-28-29-31-33-35-37-39-41-43-45-47-55(59)64-52(50-62-49-48-53(56(60)61)57(3,4)5)51-63-54(58)46-44-42-40-38-36-34-32-30-25-23-21-19-17-15-13-11-9-7-2/h11,13,15,17,19,21,23-26,28-30,32,52-53H,6-10,12,14,16,18,20,22,27,31,33-51H2,1-5H3/b13-11+,17-15+,21-19+,25-23+,26-24+,29-28+,32-30+. The molecule has 2 unspecified atom stereocenters. The molecule has 64 heavy (non-hydrogen) atoms. The minimum Gasteiger partial charge on any atom is -0.544 e. The number of ether oxygens (including phenoxy) is 3. The molecule has 0 amide bonds. The summed E-state index contributed by atoms with van der Waals surface area (Å²) in [5.74, 6) is -1.78. The topological polar surface area (TPSA) is 102 Å². The highest BCUT2D eigenvalue weighted by Crippen LogP contribution is 2.14. The Morgan fingerprint density at radius 1 is 0.484 bits per heavy atom. The number of quaternary nitrogens is 1. The Bertz CT molecular complexity index is 1320. The molecule has 0 heterocycles. The molecule has 0 saturated heterocycles. The number of carboxylic acids is 1. The molecule has 8 heteroatoms. The van der Waals surface area contributed by atoms with Crippen LogP contribution in [0.3, 0.4) is 0 Å². The highest BCUT2D eigenvalue weighted by Gasteiger charge is 2.25. The molecule has 0 bridgehead atoms. The molecule has 0 aliphatic heterocycles. The predicted octanol–water partition coefficient (Wildman–Crippen LogP) is 13.5. The van der Waals surface area contributed by atoms with Crippen LogP contribution < -0.4 is 5.11 Å². The first kappa shape index (κ1) is 60.5. The van der Waals surface area contributed by atoms with Crippen molar-refractivity contribution >= 4 is 17.9 Å². The van der Waals surface area contributed by atoms with Crippen molar-refractivity contribution in [1.82, 2.24) is 0 Å². The van der Waals surface area contributed by atoms with Gasteiger partial charge in [-0.3, -0.25) is 9.59 Å². The minimum atomic E-state index is -1.13. The van der Waals surface area contributed by atoms with Crippen LogP contribution in [0.25, 0.3) is 0 Å². The third-order valence-corrected chi connectivity index (χ3v) is 11.1. The van der Waals surface area contributed by atoms with E-state index in [1.54, 1.807) is 21.1 Å². The Morgan fingerprint density at radius 3 is 1.41 bits per heavy atom. The van der Waals surface area contributed by atoms with Crippen LogP contribution in [0.5, 0.6) is 0 Å². The maximum absolute atomic E-state index is 12.8. The van der Waals surface area contributed by atoms with E-state index in [4.69, 9.17) is 14.2 Å². The van der Waals surface area contributed by atoms with E-state index < -0.39 is 18.1 Å². The van der Waals surface area contributed by atoms with Crippen molar-refractivity contribution in [2.24, 2.45) is 0 Å². The lowest BCUT2D eigenvalue weighted by Crippen LogP contribution is -2.55. The SMILES string of the molecule is CCC/C=C/C=C/C=C/C=C/C=C/CCCCCCCC(=O)OCC(COCCC(C(=O)[O-])[N+](C)(C)C)OC(=O)CCCCCCCCC/C=C/C/C=C/CCCCCCCCCC. The molecule has 0 aromatic rings. The maximum Gasteiger partial charge on any atom is 0.306 e. The van der Waals surface area contributed by atoms with Gasteiger partial charge in [0, 0.05) is 19.3 Å². The summed E-state index contributed by atoms with van der Waals surface area (Å²) in [5, 5.41) is 11.7. The van der Waals surface area contributed by atoms with Gasteiger partial charge in [0.1, 0.15) is 12.6 Å². The third kappa shape index (κ3) is 43.7. The number of nitrogens with zero attached hydrogens (tertiary/aromatic N) is 1. The Labute approximate surface area is 393 Å². The molecule has 0 fully saturated rings. The number of allylic oxidation sites excluding steroid dienone is 14.